The molecule has 1 unspecified atom stereocenters. The van der Waals surface area contributed by atoms with Crippen molar-refractivity contribution in [1.29, 1.82) is 0 Å². The summed E-state index contributed by atoms with van der Waals surface area (Å²) in [5.74, 6) is 0.850. The Balaban J connectivity index is 2.28. The molecule has 0 saturated carbocycles. The van der Waals surface area contributed by atoms with Crippen LogP contribution < -0.4 is 10.5 Å². The van der Waals surface area contributed by atoms with Gasteiger partial charge in [-0.1, -0.05) is 0 Å². The SMILES string of the molecule is COC(C)CCOc1ccc(N)cc1. The highest BCUT2D eigenvalue weighted by Gasteiger charge is 1.99. The van der Waals surface area contributed by atoms with Crippen LogP contribution in [-0.4, -0.2) is 19.8 Å². The van der Waals surface area contributed by atoms with Gasteiger partial charge in [0.1, 0.15) is 5.75 Å². The van der Waals surface area contributed by atoms with E-state index in [0.717, 1.165) is 17.9 Å². The molecule has 0 fully saturated rings. The quantitative estimate of drug-likeness (QED) is 0.731. The van der Waals surface area contributed by atoms with E-state index in [9.17, 15) is 0 Å². The maximum Gasteiger partial charge on any atom is 0.119 e. The Hall–Kier alpha value is -1.22. The molecule has 1 rings (SSSR count). The van der Waals surface area contributed by atoms with E-state index in [0.29, 0.717) is 6.61 Å². The van der Waals surface area contributed by atoms with Crippen molar-refractivity contribution in [3.63, 3.8) is 0 Å². The van der Waals surface area contributed by atoms with Crippen molar-refractivity contribution in [3.05, 3.63) is 24.3 Å². The summed E-state index contributed by atoms with van der Waals surface area (Å²) < 4.78 is 10.6. The van der Waals surface area contributed by atoms with Gasteiger partial charge in [0.15, 0.2) is 0 Å². The van der Waals surface area contributed by atoms with Gasteiger partial charge in [0.05, 0.1) is 12.7 Å². The summed E-state index contributed by atoms with van der Waals surface area (Å²) in [6, 6.07) is 7.39. The first-order valence-electron chi connectivity index (χ1n) is 4.73. The number of hydrogen-bond acceptors (Lipinski definition) is 3. The van der Waals surface area contributed by atoms with Crippen molar-refractivity contribution in [3.8, 4) is 5.75 Å². The summed E-state index contributed by atoms with van der Waals surface area (Å²) in [7, 11) is 1.70. The molecule has 0 heterocycles. The molecule has 0 aliphatic carbocycles. The van der Waals surface area contributed by atoms with E-state index >= 15 is 0 Å². The molecule has 0 saturated heterocycles. The van der Waals surface area contributed by atoms with Gasteiger partial charge >= 0.3 is 0 Å². The zero-order valence-electron chi connectivity index (χ0n) is 8.69. The molecule has 0 amide bonds. The number of hydrogen-bond donors (Lipinski definition) is 1. The number of nitrogens with two attached hydrogens (primary N) is 1. The van der Waals surface area contributed by atoms with Crippen LogP contribution in [0.2, 0.25) is 0 Å². The summed E-state index contributed by atoms with van der Waals surface area (Å²) in [4.78, 5) is 0. The lowest BCUT2D eigenvalue weighted by atomic mass is 10.3. The average molecular weight is 195 g/mol. The lowest BCUT2D eigenvalue weighted by Gasteiger charge is -2.10. The minimum Gasteiger partial charge on any atom is -0.493 e. The molecule has 1 aromatic carbocycles. The van der Waals surface area contributed by atoms with Crippen LogP contribution in [0.4, 0.5) is 5.69 Å². The van der Waals surface area contributed by atoms with Gasteiger partial charge in [-0.2, -0.15) is 0 Å². The lowest BCUT2D eigenvalue weighted by molar-refractivity contribution is 0.0956. The number of rotatable bonds is 5. The number of ether oxygens (including phenoxy) is 2. The second-order valence-electron chi connectivity index (χ2n) is 3.25. The van der Waals surface area contributed by atoms with Crippen LogP contribution in [0, 0.1) is 0 Å². The van der Waals surface area contributed by atoms with Gasteiger partial charge in [0.25, 0.3) is 0 Å². The Labute approximate surface area is 84.8 Å². The topological polar surface area (TPSA) is 44.5 Å². The molecule has 14 heavy (non-hydrogen) atoms. The average Bonchev–Trinajstić information content (AvgIpc) is 2.21. The number of anilines is 1. The number of methoxy groups -OCH3 is 1. The molecule has 3 heteroatoms. The third-order valence-corrected chi connectivity index (χ3v) is 2.08. The van der Waals surface area contributed by atoms with E-state index in [-0.39, 0.29) is 6.10 Å². The molecule has 2 N–H and O–H groups in total. The second kappa shape index (κ2) is 5.50. The second-order valence-corrected chi connectivity index (χ2v) is 3.25. The van der Waals surface area contributed by atoms with Gasteiger partial charge in [0, 0.05) is 19.2 Å². The fourth-order valence-electron chi connectivity index (χ4n) is 1.02. The summed E-state index contributed by atoms with van der Waals surface area (Å²) >= 11 is 0. The van der Waals surface area contributed by atoms with E-state index in [4.69, 9.17) is 15.2 Å². The third kappa shape index (κ3) is 3.66. The first kappa shape index (κ1) is 10.9. The molecular formula is C11H17NO2. The Morgan fingerprint density at radius 2 is 1.93 bits per heavy atom. The molecule has 0 spiro atoms. The molecule has 1 aromatic rings. The largest absolute Gasteiger partial charge is 0.493 e. The number of nitrogen functional groups attached to an aromatic ring is 1. The molecule has 0 bridgehead atoms. The van der Waals surface area contributed by atoms with Crippen LogP contribution >= 0.6 is 0 Å². The standard InChI is InChI=1S/C11H17NO2/c1-9(13-2)7-8-14-11-5-3-10(12)4-6-11/h3-6,9H,7-8,12H2,1-2H3. The first-order chi connectivity index (χ1) is 6.72. The van der Waals surface area contributed by atoms with Crippen molar-refractivity contribution in [1.82, 2.24) is 0 Å². The Kier molecular flexibility index (Phi) is 4.26. The van der Waals surface area contributed by atoms with Crippen LogP contribution in [0.5, 0.6) is 5.75 Å². The predicted octanol–water partition coefficient (Wildman–Crippen LogP) is 2.07. The highest BCUT2D eigenvalue weighted by atomic mass is 16.5. The van der Waals surface area contributed by atoms with Gasteiger partial charge in [-0.05, 0) is 31.2 Å². The Bertz CT molecular complexity index is 258. The maximum atomic E-state index is 5.55. The van der Waals surface area contributed by atoms with Crippen molar-refractivity contribution in [2.75, 3.05) is 19.5 Å². The van der Waals surface area contributed by atoms with E-state index in [1.54, 1.807) is 7.11 Å². The molecule has 0 radical (unpaired) electrons. The van der Waals surface area contributed by atoms with Gasteiger partial charge in [-0.3, -0.25) is 0 Å². The van der Waals surface area contributed by atoms with Crippen molar-refractivity contribution in [2.24, 2.45) is 0 Å². The van der Waals surface area contributed by atoms with E-state index in [2.05, 4.69) is 0 Å². The molecule has 0 aromatic heterocycles. The van der Waals surface area contributed by atoms with Gasteiger partial charge in [-0.15, -0.1) is 0 Å². The zero-order chi connectivity index (χ0) is 10.4. The minimum absolute atomic E-state index is 0.240. The lowest BCUT2D eigenvalue weighted by Crippen LogP contribution is -2.10. The molecule has 3 nitrogen and oxygen atoms in total. The molecule has 1 atom stereocenters. The molecule has 0 aliphatic rings. The Morgan fingerprint density at radius 1 is 1.29 bits per heavy atom. The summed E-state index contributed by atoms with van der Waals surface area (Å²) in [6.45, 7) is 2.69. The monoisotopic (exact) mass is 195 g/mol. The van der Waals surface area contributed by atoms with Crippen LogP contribution in [0.3, 0.4) is 0 Å². The van der Waals surface area contributed by atoms with E-state index < -0.39 is 0 Å². The van der Waals surface area contributed by atoms with E-state index in [1.165, 1.54) is 0 Å². The van der Waals surface area contributed by atoms with Gasteiger partial charge in [-0.25, -0.2) is 0 Å². The number of benzene rings is 1. The highest BCUT2D eigenvalue weighted by Crippen LogP contribution is 2.13. The normalized spacial score (nSPS) is 12.4. The zero-order valence-corrected chi connectivity index (χ0v) is 8.69. The van der Waals surface area contributed by atoms with Crippen molar-refractivity contribution < 1.29 is 9.47 Å². The van der Waals surface area contributed by atoms with Crippen molar-refractivity contribution in [2.45, 2.75) is 19.4 Å². The molecule has 78 valence electrons. The van der Waals surface area contributed by atoms with Gasteiger partial charge < -0.3 is 15.2 Å². The maximum absolute atomic E-state index is 5.55. The van der Waals surface area contributed by atoms with Crippen LogP contribution in [0.1, 0.15) is 13.3 Å². The predicted molar refractivity (Wildman–Crippen MR) is 57.4 cm³/mol. The van der Waals surface area contributed by atoms with Crippen LogP contribution in [0.15, 0.2) is 24.3 Å². The molecular weight excluding hydrogens is 178 g/mol. The fourth-order valence-corrected chi connectivity index (χ4v) is 1.02. The highest BCUT2D eigenvalue weighted by molar-refractivity contribution is 5.41. The first-order valence-corrected chi connectivity index (χ1v) is 4.73. The summed E-state index contributed by atoms with van der Waals surface area (Å²) in [5.41, 5.74) is 6.30. The van der Waals surface area contributed by atoms with Gasteiger partial charge in [0.2, 0.25) is 0 Å². The van der Waals surface area contributed by atoms with Crippen molar-refractivity contribution >= 4 is 5.69 Å². The summed E-state index contributed by atoms with van der Waals surface area (Å²) in [6.07, 6.45) is 1.13. The molecule has 0 aliphatic heterocycles. The third-order valence-electron chi connectivity index (χ3n) is 2.08. The van der Waals surface area contributed by atoms with Crippen LogP contribution in [0.25, 0.3) is 0 Å². The minimum atomic E-state index is 0.240. The van der Waals surface area contributed by atoms with E-state index in [1.807, 2.05) is 31.2 Å². The fraction of sp³-hybridized carbons (Fsp3) is 0.455. The smallest absolute Gasteiger partial charge is 0.119 e. The van der Waals surface area contributed by atoms with Crippen LogP contribution in [-0.2, 0) is 4.74 Å². The Morgan fingerprint density at radius 3 is 2.50 bits per heavy atom. The summed E-state index contributed by atoms with van der Waals surface area (Å²) in [5, 5.41) is 0.